The summed E-state index contributed by atoms with van der Waals surface area (Å²) in [5.74, 6) is -2.14. The minimum Gasteiger partial charge on any atom is -0.478 e. The number of carboxylic acids is 2. The van der Waals surface area contributed by atoms with Crippen LogP contribution in [0.5, 0.6) is 0 Å². The Morgan fingerprint density at radius 1 is 1.07 bits per heavy atom. The summed E-state index contributed by atoms with van der Waals surface area (Å²) in [6.45, 7) is 0. The maximum Gasteiger partial charge on any atom is 0.337 e. The van der Waals surface area contributed by atoms with Crippen LogP contribution in [0.3, 0.4) is 0 Å². The van der Waals surface area contributed by atoms with Gasteiger partial charge in [0, 0.05) is 12.4 Å². The van der Waals surface area contributed by atoms with Crippen molar-refractivity contribution in [3.8, 4) is 0 Å². The van der Waals surface area contributed by atoms with Crippen LogP contribution in [0.25, 0.3) is 5.52 Å². The lowest BCUT2D eigenvalue weighted by molar-refractivity contribution is 0.0685. The third-order valence-corrected chi connectivity index (χ3v) is 2.14. The molecule has 0 aliphatic heterocycles. The van der Waals surface area contributed by atoms with Gasteiger partial charge in [-0.05, 0) is 18.2 Å². The number of carboxylic acid groups (broad SMARTS) is 2. The molecule has 0 fully saturated rings. The Morgan fingerprint density at radius 3 is 2.33 bits per heavy atom. The molecule has 0 saturated carbocycles. The third kappa shape index (κ3) is 1.43. The summed E-state index contributed by atoms with van der Waals surface area (Å²) in [6, 6.07) is 4.19. The molecule has 15 heavy (non-hydrogen) atoms. The van der Waals surface area contributed by atoms with Crippen molar-refractivity contribution in [2.45, 2.75) is 0 Å². The van der Waals surface area contributed by atoms with Crippen molar-refractivity contribution >= 4 is 17.5 Å². The van der Waals surface area contributed by atoms with Crippen LogP contribution < -0.4 is 0 Å². The lowest BCUT2D eigenvalue weighted by atomic mass is 10.2. The van der Waals surface area contributed by atoms with E-state index in [1.165, 1.54) is 24.4 Å². The Bertz CT molecular complexity index is 556. The summed E-state index contributed by atoms with van der Waals surface area (Å²) in [5, 5.41) is 17.6. The van der Waals surface area contributed by atoms with Gasteiger partial charge in [0.15, 0.2) is 0 Å². The highest BCUT2D eigenvalue weighted by Gasteiger charge is 2.11. The Morgan fingerprint density at radius 2 is 1.73 bits per heavy atom. The molecule has 0 unspecified atom stereocenters. The molecule has 0 saturated heterocycles. The molecule has 5 nitrogen and oxygen atoms in total. The molecule has 2 aromatic heterocycles. The normalized spacial score (nSPS) is 10.4. The van der Waals surface area contributed by atoms with E-state index in [0.717, 1.165) is 0 Å². The number of fused-ring (bicyclic) bond motifs is 1. The summed E-state index contributed by atoms with van der Waals surface area (Å²) < 4.78 is 1.57. The van der Waals surface area contributed by atoms with Crippen LogP contribution in [-0.2, 0) is 0 Å². The van der Waals surface area contributed by atoms with Crippen LogP contribution in [-0.4, -0.2) is 26.6 Å². The smallest absolute Gasteiger partial charge is 0.337 e. The highest BCUT2D eigenvalue weighted by molar-refractivity contribution is 5.98. The van der Waals surface area contributed by atoms with Crippen LogP contribution in [0.1, 0.15) is 20.7 Å². The van der Waals surface area contributed by atoms with Crippen LogP contribution in [0.2, 0.25) is 0 Å². The number of aromatic nitrogens is 1. The van der Waals surface area contributed by atoms with E-state index in [0.29, 0.717) is 5.52 Å². The maximum absolute atomic E-state index is 10.8. The van der Waals surface area contributed by atoms with Crippen LogP contribution in [0.4, 0.5) is 0 Å². The zero-order chi connectivity index (χ0) is 11.0. The van der Waals surface area contributed by atoms with Crippen LogP contribution in [0.15, 0.2) is 30.6 Å². The zero-order valence-electron chi connectivity index (χ0n) is 7.54. The predicted molar refractivity (Wildman–Crippen MR) is 51.3 cm³/mol. The summed E-state index contributed by atoms with van der Waals surface area (Å²) >= 11 is 0. The van der Waals surface area contributed by atoms with Gasteiger partial charge in [-0.25, -0.2) is 9.59 Å². The molecule has 0 spiro atoms. The molecule has 76 valence electrons. The molecular weight excluding hydrogens is 198 g/mol. The molecule has 0 atom stereocenters. The summed E-state index contributed by atoms with van der Waals surface area (Å²) in [4.78, 5) is 21.5. The van der Waals surface area contributed by atoms with Crippen molar-refractivity contribution in [3.63, 3.8) is 0 Å². The van der Waals surface area contributed by atoms with Crippen molar-refractivity contribution < 1.29 is 19.8 Å². The Hall–Kier alpha value is -2.30. The number of hydrogen-bond acceptors (Lipinski definition) is 2. The molecular formula is C10H7NO4. The van der Waals surface area contributed by atoms with Crippen molar-refractivity contribution in [2.75, 3.05) is 0 Å². The van der Waals surface area contributed by atoms with Crippen LogP contribution >= 0.6 is 0 Å². The Balaban J connectivity index is 2.72. The summed E-state index contributed by atoms with van der Waals surface area (Å²) in [7, 11) is 0. The van der Waals surface area contributed by atoms with Gasteiger partial charge >= 0.3 is 11.9 Å². The fourth-order valence-electron chi connectivity index (χ4n) is 1.41. The summed E-state index contributed by atoms with van der Waals surface area (Å²) in [5.41, 5.74) is 0.546. The first kappa shape index (κ1) is 9.26. The molecule has 0 aliphatic carbocycles. The van der Waals surface area contributed by atoms with Crippen molar-refractivity contribution in [3.05, 3.63) is 41.7 Å². The minimum atomic E-state index is -1.07. The fraction of sp³-hybridized carbons (Fsp3) is 0. The molecule has 2 aromatic rings. The van der Waals surface area contributed by atoms with Crippen molar-refractivity contribution in [2.24, 2.45) is 0 Å². The predicted octanol–water partition coefficient (Wildman–Crippen LogP) is 1.34. The van der Waals surface area contributed by atoms with Crippen molar-refractivity contribution in [1.82, 2.24) is 4.40 Å². The van der Waals surface area contributed by atoms with Gasteiger partial charge in [-0.3, -0.25) is 0 Å². The second kappa shape index (κ2) is 3.13. The number of nitrogens with zero attached hydrogens (tertiary/aromatic N) is 1. The van der Waals surface area contributed by atoms with Crippen molar-refractivity contribution in [1.29, 1.82) is 0 Å². The van der Waals surface area contributed by atoms with Crippen LogP contribution in [0, 0.1) is 0 Å². The zero-order valence-corrected chi connectivity index (χ0v) is 7.54. The maximum atomic E-state index is 10.8. The molecule has 2 heterocycles. The van der Waals surface area contributed by atoms with E-state index >= 15 is 0 Å². The van der Waals surface area contributed by atoms with E-state index in [4.69, 9.17) is 10.2 Å². The van der Waals surface area contributed by atoms with Gasteiger partial charge in [0.05, 0.1) is 16.6 Å². The first-order valence-electron chi connectivity index (χ1n) is 4.17. The highest BCUT2D eigenvalue weighted by atomic mass is 16.4. The monoisotopic (exact) mass is 205 g/mol. The largest absolute Gasteiger partial charge is 0.478 e. The Kier molecular flexibility index (Phi) is 1.93. The quantitative estimate of drug-likeness (QED) is 0.775. The second-order valence-electron chi connectivity index (χ2n) is 3.05. The molecule has 2 rings (SSSR count). The van der Waals surface area contributed by atoms with Gasteiger partial charge in [0.25, 0.3) is 0 Å². The third-order valence-electron chi connectivity index (χ3n) is 2.14. The highest BCUT2D eigenvalue weighted by Crippen LogP contribution is 2.14. The lowest BCUT2D eigenvalue weighted by Crippen LogP contribution is -1.99. The number of carbonyl (C=O) groups is 2. The van der Waals surface area contributed by atoms with E-state index < -0.39 is 11.9 Å². The number of aromatic carboxylic acids is 2. The van der Waals surface area contributed by atoms with Gasteiger partial charge in [0.1, 0.15) is 0 Å². The van der Waals surface area contributed by atoms with E-state index in [-0.39, 0.29) is 11.1 Å². The van der Waals surface area contributed by atoms with Gasteiger partial charge in [-0.1, -0.05) is 0 Å². The minimum absolute atomic E-state index is 0.0729. The van der Waals surface area contributed by atoms with E-state index in [1.807, 2.05) is 0 Å². The number of rotatable bonds is 2. The van der Waals surface area contributed by atoms with E-state index in [1.54, 1.807) is 10.6 Å². The molecule has 5 heteroatoms. The SMILES string of the molecule is O=C(O)c1ccn2ccc(C(=O)O)c2c1. The average Bonchev–Trinajstić information content (AvgIpc) is 2.59. The second-order valence-corrected chi connectivity index (χ2v) is 3.05. The topological polar surface area (TPSA) is 79.0 Å². The van der Waals surface area contributed by atoms with Gasteiger partial charge in [0.2, 0.25) is 0 Å². The summed E-state index contributed by atoms with van der Waals surface area (Å²) in [6.07, 6.45) is 3.09. The number of hydrogen-bond donors (Lipinski definition) is 2. The first-order chi connectivity index (χ1) is 7.09. The van der Waals surface area contributed by atoms with Gasteiger partial charge < -0.3 is 14.6 Å². The average molecular weight is 205 g/mol. The molecule has 2 N–H and O–H groups in total. The van der Waals surface area contributed by atoms with E-state index in [2.05, 4.69) is 0 Å². The number of pyridine rings is 1. The lowest BCUT2D eigenvalue weighted by Gasteiger charge is -1.98. The molecule has 0 bridgehead atoms. The van der Waals surface area contributed by atoms with Gasteiger partial charge in [-0.2, -0.15) is 0 Å². The standard InChI is InChI=1S/C10H7NO4/c12-9(13)6-1-3-11-4-2-7(10(14)15)8(11)5-6/h1-5H,(H,12,13)(H,14,15). The molecule has 0 radical (unpaired) electrons. The molecule has 0 amide bonds. The van der Waals surface area contributed by atoms with Gasteiger partial charge in [-0.15, -0.1) is 0 Å². The fourth-order valence-corrected chi connectivity index (χ4v) is 1.41. The Labute approximate surface area is 84.2 Å². The first-order valence-corrected chi connectivity index (χ1v) is 4.17. The molecule has 0 aromatic carbocycles. The molecule has 0 aliphatic rings. The van der Waals surface area contributed by atoms with E-state index in [9.17, 15) is 9.59 Å².